The second-order valence-corrected chi connectivity index (χ2v) is 6.43. The zero-order chi connectivity index (χ0) is 10.9. The van der Waals surface area contributed by atoms with Gasteiger partial charge in [0, 0.05) is 5.41 Å². The first-order valence-electron chi connectivity index (χ1n) is 3.57. The number of alkyl halides is 4. The Hall–Kier alpha value is 0.630. The maximum Gasteiger partial charge on any atom is 0.226 e. The fourth-order valence-electron chi connectivity index (χ4n) is 0.413. The molecule has 0 bridgehead atoms. The number of halogens is 4. The molecule has 0 saturated carbocycles. The summed E-state index contributed by atoms with van der Waals surface area (Å²) in [5.74, 6) is -0.265. The van der Waals surface area contributed by atoms with Gasteiger partial charge in [0.1, 0.15) is 0 Å². The lowest BCUT2D eigenvalue weighted by Crippen LogP contribution is -2.44. The van der Waals surface area contributed by atoms with E-state index in [0.29, 0.717) is 0 Å². The van der Waals surface area contributed by atoms with E-state index in [9.17, 15) is 4.79 Å². The van der Waals surface area contributed by atoms with Crippen molar-refractivity contribution in [2.24, 2.45) is 5.41 Å². The Morgan fingerprint density at radius 3 is 1.85 bits per heavy atom. The minimum Gasteiger partial charge on any atom is -0.336 e. The van der Waals surface area contributed by atoms with Crippen LogP contribution in [-0.2, 0) is 4.79 Å². The zero-order valence-corrected chi connectivity index (χ0v) is 10.5. The first kappa shape index (κ1) is 13.6. The van der Waals surface area contributed by atoms with E-state index in [2.05, 4.69) is 5.32 Å². The van der Waals surface area contributed by atoms with Gasteiger partial charge >= 0.3 is 0 Å². The number of hydrogen-bond acceptors (Lipinski definition) is 1. The Balaban J connectivity index is 4.24. The third-order valence-electron chi connectivity index (χ3n) is 1.23. The predicted octanol–water partition coefficient (Wildman–Crippen LogP) is 3.08. The lowest BCUT2D eigenvalue weighted by atomic mass is 9.96. The van der Waals surface area contributed by atoms with E-state index < -0.39 is 14.7 Å². The number of amides is 1. The Kier molecular flexibility index (Phi) is 4.65. The quantitative estimate of drug-likeness (QED) is 0.574. The largest absolute Gasteiger partial charge is 0.336 e. The van der Waals surface area contributed by atoms with Crippen molar-refractivity contribution in [1.82, 2.24) is 5.32 Å². The molecule has 6 heteroatoms. The Morgan fingerprint density at radius 1 is 1.23 bits per heavy atom. The smallest absolute Gasteiger partial charge is 0.226 e. The highest BCUT2D eigenvalue weighted by atomic mass is 35.6. The minimum absolute atomic E-state index is 0.265. The van der Waals surface area contributed by atoms with Crippen molar-refractivity contribution >= 4 is 52.3 Å². The number of carbonyl (C=O) groups excluding carboxylic acids is 1. The van der Waals surface area contributed by atoms with Crippen LogP contribution in [0.1, 0.15) is 20.8 Å². The molecule has 0 saturated heterocycles. The van der Waals surface area contributed by atoms with Gasteiger partial charge in [-0.05, 0) is 0 Å². The molecule has 1 atom stereocenters. The average molecular weight is 267 g/mol. The van der Waals surface area contributed by atoms with Gasteiger partial charge in [0.25, 0.3) is 0 Å². The zero-order valence-electron chi connectivity index (χ0n) is 7.50. The van der Waals surface area contributed by atoms with Gasteiger partial charge in [0.2, 0.25) is 9.70 Å². The molecule has 0 aliphatic rings. The summed E-state index contributed by atoms with van der Waals surface area (Å²) in [6.07, 6.45) is 0. The van der Waals surface area contributed by atoms with Crippen molar-refractivity contribution in [1.29, 1.82) is 0 Å². The van der Waals surface area contributed by atoms with Crippen LogP contribution in [0.4, 0.5) is 0 Å². The number of nitrogens with one attached hydrogen (secondary N) is 1. The van der Waals surface area contributed by atoms with E-state index in [1.807, 2.05) is 0 Å². The molecule has 0 aromatic rings. The lowest BCUT2D eigenvalue weighted by molar-refractivity contribution is -0.128. The molecule has 1 amide bonds. The number of carbonyl (C=O) groups is 1. The van der Waals surface area contributed by atoms with E-state index in [-0.39, 0.29) is 5.91 Å². The van der Waals surface area contributed by atoms with E-state index in [4.69, 9.17) is 46.4 Å². The standard InChI is InChI=1S/C7H11Cl4NO/c1-6(2,3)5(13)12-4(8)7(9,10)11/h4H,1-3H3,(H,12,13). The van der Waals surface area contributed by atoms with E-state index in [1.165, 1.54) is 0 Å². The predicted molar refractivity (Wildman–Crippen MR) is 57.5 cm³/mol. The molecule has 78 valence electrons. The molecule has 0 rings (SSSR count). The molecular formula is C7H11Cl4NO. The molecule has 0 spiro atoms. The van der Waals surface area contributed by atoms with Gasteiger partial charge in [0.15, 0.2) is 5.50 Å². The summed E-state index contributed by atoms with van der Waals surface area (Å²) >= 11 is 22.0. The number of hydrogen-bond donors (Lipinski definition) is 1. The van der Waals surface area contributed by atoms with Crippen molar-refractivity contribution in [2.75, 3.05) is 0 Å². The molecule has 0 fully saturated rings. The van der Waals surface area contributed by atoms with E-state index in [0.717, 1.165) is 0 Å². The minimum atomic E-state index is -1.69. The molecule has 2 nitrogen and oxygen atoms in total. The van der Waals surface area contributed by atoms with Crippen molar-refractivity contribution in [3.63, 3.8) is 0 Å². The van der Waals surface area contributed by atoms with Gasteiger partial charge in [-0.3, -0.25) is 4.79 Å². The molecule has 1 N–H and O–H groups in total. The molecule has 0 aliphatic heterocycles. The molecule has 0 heterocycles. The van der Waals surface area contributed by atoms with Crippen LogP contribution in [0.5, 0.6) is 0 Å². The summed E-state index contributed by atoms with van der Waals surface area (Å²) in [5, 5.41) is 2.39. The number of rotatable bonds is 1. The Morgan fingerprint density at radius 2 is 1.62 bits per heavy atom. The van der Waals surface area contributed by atoms with Crippen LogP contribution in [0.15, 0.2) is 0 Å². The van der Waals surface area contributed by atoms with Crippen LogP contribution in [0, 0.1) is 5.41 Å². The topological polar surface area (TPSA) is 29.1 Å². The van der Waals surface area contributed by atoms with Gasteiger partial charge < -0.3 is 5.32 Å². The Bertz CT molecular complexity index is 194. The monoisotopic (exact) mass is 265 g/mol. The highest BCUT2D eigenvalue weighted by Gasteiger charge is 2.34. The van der Waals surface area contributed by atoms with Crippen LogP contribution in [0.3, 0.4) is 0 Å². The molecule has 0 aromatic heterocycles. The van der Waals surface area contributed by atoms with Crippen molar-refractivity contribution in [3.8, 4) is 0 Å². The molecule has 0 aromatic carbocycles. The van der Waals surface area contributed by atoms with Crippen molar-refractivity contribution in [2.45, 2.75) is 30.1 Å². The van der Waals surface area contributed by atoms with E-state index >= 15 is 0 Å². The summed E-state index contributed by atoms with van der Waals surface area (Å²) in [6.45, 7) is 5.22. The third-order valence-corrected chi connectivity index (χ3v) is 2.65. The molecule has 0 radical (unpaired) electrons. The second-order valence-electron chi connectivity index (χ2n) is 3.63. The van der Waals surface area contributed by atoms with Crippen LogP contribution >= 0.6 is 46.4 Å². The first-order valence-corrected chi connectivity index (χ1v) is 5.14. The molecule has 13 heavy (non-hydrogen) atoms. The molecule has 1 unspecified atom stereocenters. The second kappa shape index (κ2) is 4.43. The SMILES string of the molecule is CC(C)(C)C(=O)NC(Cl)C(Cl)(Cl)Cl. The van der Waals surface area contributed by atoms with Gasteiger partial charge in [-0.1, -0.05) is 67.2 Å². The van der Waals surface area contributed by atoms with Crippen LogP contribution in [0.2, 0.25) is 0 Å². The average Bonchev–Trinajstić information content (AvgIpc) is 1.82. The Labute approximate surface area is 97.9 Å². The summed E-state index contributed by atoms with van der Waals surface area (Å²) in [6, 6.07) is 0. The maximum absolute atomic E-state index is 11.4. The molecule has 0 aliphatic carbocycles. The van der Waals surface area contributed by atoms with Gasteiger partial charge in [-0.25, -0.2) is 0 Å². The van der Waals surface area contributed by atoms with E-state index in [1.54, 1.807) is 20.8 Å². The third kappa shape index (κ3) is 5.16. The van der Waals surface area contributed by atoms with Crippen LogP contribution in [-0.4, -0.2) is 15.2 Å². The van der Waals surface area contributed by atoms with Crippen molar-refractivity contribution in [3.05, 3.63) is 0 Å². The first-order chi connectivity index (χ1) is 5.55. The normalized spacial score (nSPS) is 15.3. The van der Waals surface area contributed by atoms with Crippen LogP contribution < -0.4 is 5.32 Å². The summed E-state index contributed by atoms with van der Waals surface area (Å²) in [5.41, 5.74) is -1.58. The summed E-state index contributed by atoms with van der Waals surface area (Å²) < 4.78 is -1.69. The molecular weight excluding hydrogens is 256 g/mol. The van der Waals surface area contributed by atoms with Gasteiger partial charge in [0.05, 0.1) is 0 Å². The van der Waals surface area contributed by atoms with Crippen molar-refractivity contribution < 1.29 is 4.79 Å². The fourth-order valence-corrected chi connectivity index (χ4v) is 0.676. The summed E-state index contributed by atoms with van der Waals surface area (Å²) in [4.78, 5) is 11.4. The van der Waals surface area contributed by atoms with Gasteiger partial charge in [-0.15, -0.1) is 0 Å². The van der Waals surface area contributed by atoms with Crippen LogP contribution in [0.25, 0.3) is 0 Å². The fraction of sp³-hybridized carbons (Fsp3) is 0.857. The highest BCUT2D eigenvalue weighted by Crippen LogP contribution is 2.32. The maximum atomic E-state index is 11.4. The van der Waals surface area contributed by atoms with Gasteiger partial charge in [-0.2, -0.15) is 0 Å². The lowest BCUT2D eigenvalue weighted by Gasteiger charge is -2.24. The highest BCUT2D eigenvalue weighted by molar-refractivity contribution is 6.70. The summed E-state index contributed by atoms with van der Waals surface area (Å²) in [7, 11) is 0.